The number of fused-ring (bicyclic) bond motifs is 1. The monoisotopic (exact) mass is 390 g/mol. The summed E-state index contributed by atoms with van der Waals surface area (Å²) < 4.78 is 5.68. The lowest BCUT2D eigenvalue weighted by Crippen LogP contribution is -2.14. The molecule has 0 amide bonds. The molecular formula is C28H38O. The van der Waals surface area contributed by atoms with Crippen LogP contribution in [0.5, 0.6) is 5.75 Å². The van der Waals surface area contributed by atoms with Gasteiger partial charge in [0.2, 0.25) is 0 Å². The minimum atomic E-state index is 0.666. The topological polar surface area (TPSA) is 9.23 Å². The first kappa shape index (κ1) is 20.5. The summed E-state index contributed by atoms with van der Waals surface area (Å²) in [6.45, 7) is 5.11. The van der Waals surface area contributed by atoms with Crippen molar-refractivity contribution in [1.29, 1.82) is 0 Å². The van der Waals surface area contributed by atoms with Gasteiger partial charge in [-0.15, -0.1) is 0 Å². The van der Waals surface area contributed by atoms with Gasteiger partial charge in [-0.3, -0.25) is 0 Å². The Morgan fingerprint density at radius 3 is 2.21 bits per heavy atom. The average molecular weight is 391 g/mol. The average Bonchev–Trinajstić information content (AvgIpc) is 2.78. The van der Waals surface area contributed by atoms with E-state index in [1.165, 1.54) is 80.9 Å². The highest BCUT2D eigenvalue weighted by Gasteiger charge is 2.23. The fourth-order valence-electron chi connectivity index (χ4n) is 5.59. The second-order valence-corrected chi connectivity index (χ2v) is 9.33. The second-order valence-electron chi connectivity index (χ2n) is 9.33. The Kier molecular flexibility index (Phi) is 6.95. The fourth-order valence-corrected chi connectivity index (χ4v) is 5.59. The molecule has 2 aromatic rings. The molecule has 1 atom stereocenters. The lowest BCUT2D eigenvalue weighted by atomic mass is 9.76. The second kappa shape index (κ2) is 9.83. The van der Waals surface area contributed by atoms with Crippen LogP contribution in [0.4, 0.5) is 0 Å². The van der Waals surface area contributed by atoms with Crippen LogP contribution in [0.3, 0.4) is 0 Å². The molecule has 0 bridgehead atoms. The number of aryl methyl sites for hydroxylation is 1. The third-order valence-corrected chi connectivity index (χ3v) is 7.41. The molecule has 0 N–H and O–H groups in total. The molecule has 2 aliphatic rings. The Balaban J connectivity index is 1.35. The van der Waals surface area contributed by atoms with Crippen LogP contribution >= 0.6 is 0 Å². The molecule has 1 nitrogen and oxygen atoms in total. The maximum atomic E-state index is 5.68. The van der Waals surface area contributed by atoms with E-state index in [1.807, 2.05) is 0 Å². The first-order chi connectivity index (χ1) is 14.3. The van der Waals surface area contributed by atoms with Crippen molar-refractivity contribution in [2.75, 3.05) is 6.61 Å². The minimum absolute atomic E-state index is 0.666. The molecule has 0 saturated heterocycles. The zero-order valence-corrected chi connectivity index (χ0v) is 18.5. The summed E-state index contributed by atoms with van der Waals surface area (Å²) in [5.41, 5.74) is 6.12. The van der Waals surface area contributed by atoms with Gasteiger partial charge in [0.05, 0.1) is 6.61 Å². The van der Waals surface area contributed by atoms with Gasteiger partial charge in [0.25, 0.3) is 0 Å². The number of hydrogen-bond donors (Lipinski definition) is 0. The first-order valence-electron chi connectivity index (χ1n) is 12.1. The Labute approximate surface area is 177 Å². The van der Waals surface area contributed by atoms with Crippen LogP contribution in [0.2, 0.25) is 0 Å². The summed E-state index contributed by atoms with van der Waals surface area (Å²) in [4.78, 5) is 0. The molecule has 0 aliphatic heterocycles. The smallest absolute Gasteiger partial charge is 0.119 e. The van der Waals surface area contributed by atoms with Gasteiger partial charge in [-0.05, 0) is 104 Å². The zero-order chi connectivity index (χ0) is 20.1. The van der Waals surface area contributed by atoms with Gasteiger partial charge in [0.15, 0.2) is 0 Å². The third kappa shape index (κ3) is 5.05. The molecule has 1 saturated carbocycles. The van der Waals surface area contributed by atoms with Crippen LogP contribution in [0.1, 0.15) is 99.3 Å². The molecular weight excluding hydrogens is 352 g/mol. The molecule has 1 fully saturated rings. The summed E-state index contributed by atoms with van der Waals surface area (Å²) in [6.07, 6.45) is 13.5. The quantitative estimate of drug-likeness (QED) is 0.468. The van der Waals surface area contributed by atoms with Crippen LogP contribution in [0.15, 0.2) is 42.5 Å². The molecule has 29 heavy (non-hydrogen) atoms. The number of benzene rings is 2. The maximum absolute atomic E-state index is 5.68. The maximum Gasteiger partial charge on any atom is 0.119 e. The number of unbranched alkanes of at least 4 members (excludes halogenated alkanes) is 1. The van der Waals surface area contributed by atoms with Crippen molar-refractivity contribution in [3.63, 3.8) is 0 Å². The molecule has 1 unspecified atom stereocenters. The number of hydrogen-bond acceptors (Lipinski definition) is 1. The normalized spacial score (nSPS) is 24.1. The molecule has 2 aromatic carbocycles. The van der Waals surface area contributed by atoms with E-state index in [1.54, 1.807) is 5.56 Å². The molecule has 156 valence electrons. The summed E-state index contributed by atoms with van der Waals surface area (Å²) in [5, 5.41) is 0. The summed E-state index contributed by atoms with van der Waals surface area (Å²) in [7, 11) is 0. The SMILES string of the molecule is CCCCC1CCC(c2ccc(C3CCc4cc(OCC)ccc4C3)cc2)CC1. The van der Waals surface area contributed by atoms with Gasteiger partial charge in [-0.25, -0.2) is 0 Å². The van der Waals surface area contributed by atoms with Gasteiger partial charge in [-0.1, -0.05) is 56.5 Å². The van der Waals surface area contributed by atoms with Crippen molar-refractivity contribution in [2.45, 2.75) is 89.9 Å². The fraction of sp³-hybridized carbons (Fsp3) is 0.571. The van der Waals surface area contributed by atoms with E-state index in [4.69, 9.17) is 4.74 Å². The Morgan fingerprint density at radius 1 is 0.793 bits per heavy atom. The standard InChI is InChI=1S/C28H38O/c1-3-5-6-21-7-9-22(10-8-21)23-11-13-24(14-12-23)25-15-16-27-20-28(29-4-2)18-17-26(27)19-25/h11-14,17-18,20-22,25H,3-10,15-16,19H2,1-2H3. The van der Waals surface area contributed by atoms with Crippen LogP contribution in [0.25, 0.3) is 0 Å². The highest BCUT2D eigenvalue weighted by Crippen LogP contribution is 2.39. The predicted molar refractivity (Wildman–Crippen MR) is 123 cm³/mol. The third-order valence-electron chi connectivity index (χ3n) is 7.41. The van der Waals surface area contributed by atoms with Gasteiger partial charge >= 0.3 is 0 Å². The highest BCUT2D eigenvalue weighted by atomic mass is 16.5. The van der Waals surface area contributed by atoms with Gasteiger partial charge in [0, 0.05) is 0 Å². The van der Waals surface area contributed by atoms with E-state index >= 15 is 0 Å². The molecule has 4 rings (SSSR count). The van der Waals surface area contributed by atoms with E-state index in [0.29, 0.717) is 5.92 Å². The van der Waals surface area contributed by atoms with Crippen molar-refractivity contribution in [1.82, 2.24) is 0 Å². The lowest BCUT2D eigenvalue weighted by molar-refractivity contribution is 0.304. The molecule has 0 radical (unpaired) electrons. The van der Waals surface area contributed by atoms with E-state index in [0.717, 1.165) is 24.2 Å². The van der Waals surface area contributed by atoms with Crippen molar-refractivity contribution < 1.29 is 4.74 Å². The van der Waals surface area contributed by atoms with Crippen LogP contribution in [-0.2, 0) is 12.8 Å². The van der Waals surface area contributed by atoms with Crippen LogP contribution in [-0.4, -0.2) is 6.61 Å². The zero-order valence-electron chi connectivity index (χ0n) is 18.5. The predicted octanol–water partition coefficient (Wildman–Crippen LogP) is 7.82. The summed E-state index contributed by atoms with van der Waals surface area (Å²) in [6, 6.07) is 16.4. The molecule has 2 aliphatic carbocycles. The van der Waals surface area contributed by atoms with Gasteiger partial charge in [0.1, 0.15) is 5.75 Å². The molecule has 0 heterocycles. The van der Waals surface area contributed by atoms with Crippen molar-refractivity contribution in [2.24, 2.45) is 5.92 Å². The molecule has 0 aromatic heterocycles. The van der Waals surface area contributed by atoms with Gasteiger partial charge < -0.3 is 4.74 Å². The van der Waals surface area contributed by atoms with E-state index in [2.05, 4.69) is 56.3 Å². The van der Waals surface area contributed by atoms with E-state index < -0.39 is 0 Å². The number of ether oxygens (including phenoxy) is 1. The Morgan fingerprint density at radius 2 is 1.52 bits per heavy atom. The van der Waals surface area contributed by atoms with Crippen LogP contribution < -0.4 is 4.74 Å². The molecule has 0 spiro atoms. The minimum Gasteiger partial charge on any atom is -0.494 e. The Hall–Kier alpha value is -1.76. The van der Waals surface area contributed by atoms with Crippen molar-refractivity contribution in [3.05, 3.63) is 64.7 Å². The first-order valence-corrected chi connectivity index (χ1v) is 12.1. The lowest BCUT2D eigenvalue weighted by Gasteiger charge is -2.29. The van der Waals surface area contributed by atoms with E-state index in [9.17, 15) is 0 Å². The number of rotatable bonds is 7. The van der Waals surface area contributed by atoms with Crippen LogP contribution in [0, 0.1) is 5.92 Å². The summed E-state index contributed by atoms with van der Waals surface area (Å²) in [5.74, 6) is 3.49. The van der Waals surface area contributed by atoms with E-state index in [-0.39, 0.29) is 0 Å². The molecule has 1 heteroatoms. The Bertz CT molecular complexity index is 767. The van der Waals surface area contributed by atoms with Crippen molar-refractivity contribution >= 4 is 0 Å². The largest absolute Gasteiger partial charge is 0.494 e. The van der Waals surface area contributed by atoms with Crippen molar-refractivity contribution in [3.8, 4) is 5.75 Å². The summed E-state index contributed by atoms with van der Waals surface area (Å²) >= 11 is 0. The van der Waals surface area contributed by atoms with Gasteiger partial charge in [-0.2, -0.15) is 0 Å². The highest BCUT2D eigenvalue weighted by molar-refractivity contribution is 5.40.